The van der Waals surface area contributed by atoms with E-state index < -0.39 is 9.76 Å². The Balaban J connectivity index is 2.77. The van der Waals surface area contributed by atoms with Gasteiger partial charge in [-0.25, -0.2) is 0 Å². The van der Waals surface area contributed by atoms with Gasteiger partial charge in [-0.05, 0) is 17.2 Å². The summed E-state index contributed by atoms with van der Waals surface area (Å²) in [7, 11) is 1.35. The van der Waals surface area contributed by atoms with E-state index in [4.69, 9.17) is 4.43 Å². The van der Waals surface area contributed by atoms with Crippen LogP contribution in [0.25, 0.3) is 0 Å². The molecule has 0 amide bonds. The first-order chi connectivity index (χ1) is 5.88. The van der Waals surface area contributed by atoms with Gasteiger partial charge < -0.3 is 4.43 Å². The predicted octanol–water partition coefficient (Wildman–Crippen LogP) is 0.995. The van der Waals surface area contributed by atoms with Crippen LogP contribution in [-0.2, 0) is 10.8 Å². The van der Waals surface area contributed by atoms with Gasteiger partial charge in [-0.1, -0.05) is 37.6 Å². The number of hydrogen-bond donors (Lipinski definition) is 0. The molecule has 0 heterocycles. The van der Waals surface area contributed by atoms with Crippen LogP contribution in [0, 0.1) is 0 Å². The molecule has 0 bridgehead atoms. The second-order valence-corrected chi connectivity index (χ2v) is 4.58. The van der Waals surface area contributed by atoms with Crippen molar-refractivity contribution in [1.29, 1.82) is 0 Å². The van der Waals surface area contributed by atoms with Gasteiger partial charge in [-0.3, -0.25) is 0 Å². The molecular weight excluding hydrogens is 164 g/mol. The van der Waals surface area contributed by atoms with Crippen molar-refractivity contribution >= 4 is 14.9 Å². The Morgan fingerprint density at radius 2 is 2.08 bits per heavy atom. The molecule has 0 fully saturated rings. The third-order valence-corrected chi connectivity index (χ3v) is 3.23. The van der Waals surface area contributed by atoms with Crippen LogP contribution in [-0.4, -0.2) is 16.9 Å². The lowest BCUT2D eigenvalue weighted by Gasteiger charge is -2.05. The quantitative estimate of drug-likeness (QED) is 0.628. The molecule has 0 unspecified atom stereocenters. The molecule has 0 saturated heterocycles. The summed E-state index contributed by atoms with van der Waals surface area (Å²) < 4.78 is 5.25. The van der Waals surface area contributed by atoms with E-state index in [0.717, 1.165) is 0 Å². The molecule has 1 rings (SSSR count). The van der Waals surface area contributed by atoms with E-state index in [1.807, 2.05) is 0 Å². The lowest BCUT2D eigenvalue weighted by atomic mass is 10.1. The summed E-state index contributed by atoms with van der Waals surface area (Å²) in [5.74, 6) is 0. The van der Waals surface area contributed by atoms with Crippen molar-refractivity contribution in [2.24, 2.45) is 0 Å². The molecule has 0 spiro atoms. The van der Waals surface area contributed by atoms with Gasteiger partial charge in [0.25, 0.3) is 0 Å². The van der Waals surface area contributed by atoms with Gasteiger partial charge in [-0.2, -0.15) is 0 Å². The van der Waals surface area contributed by atoms with E-state index in [9.17, 15) is 0 Å². The van der Waals surface area contributed by atoms with Gasteiger partial charge in [-0.15, -0.1) is 0 Å². The molecule has 0 saturated carbocycles. The summed E-state index contributed by atoms with van der Waals surface area (Å²) in [5.41, 5.74) is 1.48. The molecule has 66 valence electrons. The topological polar surface area (TPSA) is 9.23 Å². The molecule has 1 nitrogen and oxygen atoms in total. The minimum atomic E-state index is -0.450. The smallest absolute Gasteiger partial charge is 0.191 e. The molecule has 1 aromatic carbocycles. The fourth-order valence-electron chi connectivity index (χ4n) is 1.37. The van der Waals surface area contributed by atoms with Gasteiger partial charge in [0.05, 0.1) is 0 Å². The number of hydrogen-bond acceptors (Lipinski definition) is 1. The van der Waals surface area contributed by atoms with Crippen molar-refractivity contribution in [1.82, 2.24) is 0 Å². The third-order valence-electron chi connectivity index (χ3n) is 1.94. The highest BCUT2D eigenvalue weighted by atomic mass is 28.2. The second-order valence-electron chi connectivity index (χ2n) is 2.95. The van der Waals surface area contributed by atoms with Crippen LogP contribution in [0.2, 0.25) is 0 Å². The van der Waals surface area contributed by atoms with E-state index >= 15 is 0 Å². The first-order valence-corrected chi connectivity index (χ1v) is 5.72. The predicted molar refractivity (Wildman–Crippen MR) is 55.6 cm³/mol. The summed E-state index contributed by atoms with van der Waals surface area (Å²) in [5, 5.41) is 1.46. The van der Waals surface area contributed by atoms with Crippen molar-refractivity contribution in [3.05, 3.63) is 29.8 Å². The molecule has 0 aliphatic rings. The molecule has 0 aliphatic heterocycles. The van der Waals surface area contributed by atoms with Crippen LogP contribution in [0.1, 0.15) is 18.9 Å². The van der Waals surface area contributed by atoms with Gasteiger partial charge >= 0.3 is 0 Å². The lowest BCUT2D eigenvalue weighted by molar-refractivity contribution is 0.450. The van der Waals surface area contributed by atoms with E-state index in [2.05, 4.69) is 31.2 Å². The van der Waals surface area contributed by atoms with Gasteiger partial charge in [0.1, 0.15) is 0 Å². The minimum Gasteiger partial charge on any atom is -0.422 e. The Bertz CT molecular complexity index is 210. The normalized spacial score (nSPS) is 11.2. The summed E-state index contributed by atoms with van der Waals surface area (Å²) in [6, 6.07) is 8.62. The zero-order chi connectivity index (χ0) is 8.81. The van der Waals surface area contributed by atoms with Crippen molar-refractivity contribution in [2.75, 3.05) is 7.11 Å². The number of aryl methyl sites for hydroxylation is 1. The monoisotopic (exact) mass is 180 g/mol. The Kier molecular flexibility index (Phi) is 4.04. The Morgan fingerprint density at radius 3 is 2.75 bits per heavy atom. The van der Waals surface area contributed by atoms with Crippen molar-refractivity contribution in [3.63, 3.8) is 0 Å². The molecule has 0 aromatic heterocycles. The summed E-state index contributed by atoms with van der Waals surface area (Å²) in [6.07, 6.45) is 2.40. The van der Waals surface area contributed by atoms with E-state index in [1.165, 1.54) is 23.6 Å². The standard InChI is InChI=1S/C10H16OSi/c1-3-6-9-7-4-5-8-10(9)12-11-2/h4-5,7-8H,3,6,12H2,1-2H3. The van der Waals surface area contributed by atoms with Crippen LogP contribution in [0.3, 0.4) is 0 Å². The molecule has 12 heavy (non-hydrogen) atoms. The van der Waals surface area contributed by atoms with Crippen LogP contribution < -0.4 is 5.19 Å². The second kappa shape index (κ2) is 5.12. The highest BCUT2D eigenvalue weighted by molar-refractivity contribution is 6.47. The highest BCUT2D eigenvalue weighted by Crippen LogP contribution is 1.99. The van der Waals surface area contributed by atoms with E-state index in [1.54, 1.807) is 7.11 Å². The van der Waals surface area contributed by atoms with Gasteiger partial charge in [0.2, 0.25) is 0 Å². The zero-order valence-electron chi connectivity index (χ0n) is 7.84. The molecule has 0 radical (unpaired) electrons. The van der Waals surface area contributed by atoms with Crippen molar-refractivity contribution in [3.8, 4) is 0 Å². The van der Waals surface area contributed by atoms with Crippen molar-refractivity contribution in [2.45, 2.75) is 19.8 Å². The molecule has 2 heteroatoms. The molecule has 0 atom stereocenters. The number of rotatable bonds is 4. The zero-order valence-corrected chi connectivity index (χ0v) is 9.25. The van der Waals surface area contributed by atoms with Gasteiger partial charge in [0.15, 0.2) is 9.76 Å². The Labute approximate surface area is 76.7 Å². The first kappa shape index (κ1) is 9.48. The molecular formula is C10H16OSi. The maximum absolute atomic E-state index is 5.25. The van der Waals surface area contributed by atoms with Crippen LogP contribution in [0.4, 0.5) is 0 Å². The molecule has 0 aliphatic carbocycles. The summed E-state index contributed by atoms with van der Waals surface area (Å²) >= 11 is 0. The molecule has 1 aromatic rings. The van der Waals surface area contributed by atoms with E-state index in [0.29, 0.717) is 0 Å². The Hall–Kier alpha value is -0.603. The van der Waals surface area contributed by atoms with Crippen LogP contribution in [0.5, 0.6) is 0 Å². The lowest BCUT2D eigenvalue weighted by Crippen LogP contribution is -2.20. The fourth-order valence-corrected chi connectivity index (χ4v) is 2.39. The Morgan fingerprint density at radius 1 is 1.33 bits per heavy atom. The SMILES string of the molecule is CCCc1ccccc1[SiH2]OC. The fraction of sp³-hybridized carbons (Fsp3) is 0.400. The molecule has 0 N–H and O–H groups in total. The summed E-state index contributed by atoms with van der Waals surface area (Å²) in [4.78, 5) is 0. The maximum Gasteiger partial charge on any atom is 0.191 e. The minimum absolute atomic E-state index is 0.450. The van der Waals surface area contributed by atoms with E-state index in [-0.39, 0.29) is 0 Å². The average Bonchev–Trinajstić information content (AvgIpc) is 2.09. The van der Waals surface area contributed by atoms with Crippen molar-refractivity contribution < 1.29 is 4.43 Å². The number of benzene rings is 1. The van der Waals surface area contributed by atoms with Gasteiger partial charge in [0, 0.05) is 7.11 Å². The maximum atomic E-state index is 5.25. The first-order valence-electron chi connectivity index (χ1n) is 4.44. The van der Waals surface area contributed by atoms with Crippen LogP contribution >= 0.6 is 0 Å². The average molecular weight is 180 g/mol. The third kappa shape index (κ3) is 2.46. The van der Waals surface area contributed by atoms with Crippen LogP contribution in [0.15, 0.2) is 24.3 Å². The highest BCUT2D eigenvalue weighted by Gasteiger charge is 1.99. The largest absolute Gasteiger partial charge is 0.422 e. The summed E-state index contributed by atoms with van der Waals surface area (Å²) in [6.45, 7) is 2.21.